The number of likely N-dealkylation sites (N-methyl/N-ethyl adjacent to an activating group) is 1. The van der Waals surface area contributed by atoms with E-state index in [1.54, 1.807) is 7.05 Å². The Bertz CT molecular complexity index is 469. The number of carbonyl (C=O) groups is 1. The van der Waals surface area contributed by atoms with E-state index >= 15 is 0 Å². The van der Waals surface area contributed by atoms with E-state index in [2.05, 4.69) is 5.32 Å². The van der Waals surface area contributed by atoms with Crippen LogP contribution in [0.4, 0.5) is 0 Å². The minimum atomic E-state index is 0.0108. The normalized spacial score (nSPS) is 15.1. The lowest BCUT2D eigenvalue weighted by molar-refractivity contribution is 0.0986. The molecule has 0 aromatic heterocycles. The first-order chi connectivity index (χ1) is 9.11. The number of aryl methyl sites for hydroxylation is 1. The van der Waals surface area contributed by atoms with Crippen LogP contribution in [0.25, 0.3) is 0 Å². The molecule has 19 heavy (non-hydrogen) atoms. The molecule has 0 saturated heterocycles. The van der Waals surface area contributed by atoms with Crippen LogP contribution in [0.5, 0.6) is 5.75 Å². The van der Waals surface area contributed by atoms with E-state index in [9.17, 15) is 4.79 Å². The van der Waals surface area contributed by atoms with Crippen LogP contribution in [0.15, 0.2) is 12.1 Å². The van der Waals surface area contributed by atoms with Gasteiger partial charge in [0.25, 0.3) is 0 Å². The van der Waals surface area contributed by atoms with E-state index in [1.165, 1.54) is 19.3 Å². The Morgan fingerprint density at radius 2 is 2.21 bits per heavy atom. The average molecular weight is 282 g/mol. The summed E-state index contributed by atoms with van der Waals surface area (Å²) in [4.78, 5) is 12.1. The topological polar surface area (TPSA) is 38.3 Å². The van der Waals surface area contributed by atoms with Gasteiger partial charge in [-0.2, -0.15) is 0 Å². The van der Waals surface area contributed by atoms with E-state index in [-0.39, 0.29) is 5.78 Å². The summed E-state index contributed by atoms with van der Waals surface area (Å²) in [6, 6.07) is 3.69. The third-order valence-corrected chi connectivity index (χ3v) is 3.79. The standard InChI is InChI=1S/C15H20ClNO2/c1-10-6-12(14(18)8-17-2)15(13(16)7-10)19-9-11-4-3-5-11/h6-7,11,17H,3-5,8-9H2,1-2H3. The van der Waals surface area contributed by atoms with Crippen molar-refractivity contribution in [3.63, 3.8) is 0 Å². The maximum absolute atomic E-state index is 12.1. The zero-order valence-electron chi connectivity index (χ0n) is 11.5. The maximum Gasteiger partial charge on any atom is 0.180 e. The average Bonchev–Trinajstić information content (AvgIpc) is 2.29. The van der Waals surface area contributed by atoms with Crippen molar-refractivity contribution in [3.05, 3.63) is 28.3 Å². The third-order valence-electron chi connectivity index (χ3n) is 3.51. The molecule has 0 radical (unpaired) electrons. The van der Waals surface area contributed by atoms with Crippen molar-refractivity contribution >= 4 is 17.4 Å². The largest absolute Gasteiger partial charge is 0.491 e. The molecule has 0 unspecified atom stereocenters. The van der Waals surface area contributed by atoms with Gasteiger partial charge in [0.15, 0.2) is 5.78 Å². The monoisotopic (exact) mass is 281 g/mol. The van der Waals surface area contributed by atoms with Crippen molar-refractivity contribution in [1.82, 2.24) is 5.32 Å². The lowest BCUT2D eigenvalue weighted by atomic mass is 9.86. The SMILES string of the molecule is CNCC(=O)c1cc(C)cc(Cl)c1OCC1CCC1. The smallest absolute Gasteiger partial charge is 0.180 e. The van der Waals surface area contributed by atoms with E-state index in [4.69, 9.17) is 16.3 Å². The van der Waals surface area contributed by atoms with Crippen molar-refractivity contribution < 1.29 is 9.53 Å². The molecule has 0 atom stereocenters. The van der Waals surface area contributed by atoms with Crippen LogP contribution < -0.4 is 10.1 Å². The second kappa shape index (κ2) is 6.40. The molecule has 1 aromatic rings. The number of rotatable bonds is 6. The number of hydrogen-bond donors (Lipinski definition) is 1. The van der Waals surface area contributed by atoms with Crippen molar-refractivity contribution in [2.45, 2.75) is 26.2 Å². The molecule has 1 aromatic carbocycles. The van der Waals surface area contributed by atoms with Gasteiger partial charge in [0.2, 0.25) is 0 Å². The van der Waals surface area contributed by atoms with Crippen LogP contribution in [0.2, 0.25) is 5.02 Å². The Morgan fingerprint density at radius 3 is 2.79 bits per heavy atom. The van der Waals surface area contributed by atoms with Crippen LogP contribution in [0.3, 0.4) is 0 Å². The summed E-state index contributed by atoms with van der Waals surface area (Å²) >= 11 is 6.23. The predicted octanol–water partition coefficient (Wildman–Crippen LogP) is 3.23. The number of halogens is 1. The van der Waals surface area contributed by atoms with Crippen molar-refractivity contribution in [2.75, 3.05) is 20.2 Å². The first kappa shape index (κ1) is 14.4. The van der Waals surface area contributed by atoms with Crippen LogP contribution >= 0.6 is 11.6 Å². The molecule has 1 fully saturated rings. The molecule has 104 valence electrons. The second-order valence-electron chi connectivity index (χ2n) is 5.18. The summed E-state index contributed by atoms with van der Waals surface area (Å²) in [6.07, 6.45) is 3.70. The van der Waals surface area contributed by atoms with Gasteiger partial charge in [0, 0.05) is 0 Å². The Balaban J connectivity index is 2.19. The van der Waals surface area contributed by atoms with Gasteiger partial charge in [-0.25, -0.2) is 0 Å². The van der Waals surface area contributed by atoms with Gasteiger partial charge in [-0.3, -0.25) is 4.79 Å². The fourth-order valence-corrected chi connectivity index (χ4v) is 2.53. The first-order valence-electron chi connectivity index (χ1n) is 6.72. The van der Waals surface area contributed by atoms with Crippen molar-refractivity contribution in [3.8, 4) is 5.75 Å². The van der Waals surface area contributed by atoms with E-state index in [1.807, 2.05) is 19.1 Å². The molecule has 0 bridgehead atoms. The summed E-state index contributed by atoms with van der Waals surface area (Å²) in [5, 5.41) is 3.40. The molecule has 3 nitrogen and oxygen atoms in total. The zero-order chi connectivity index (χ0) is 13.8. The van der Waals surface area contributed by atoms with E-state index in [0.717, 1.165) is 5.56 Å². The minimum Gasteiger partial charge on any atom is -0.491 e. The fraction of sp³-hybridized carbons (Fsp3) is 0.533. The number of benzene rings is 1. The second-order valence-corrected chi connectivity index (χ2v) is 5.59. The first-order valence-corrected chi connectivity index (χ1v) is 7.10. The third kappa shape index (κ3) is 3.48. The molecule has 2 rings (SSSR count). The minimum absolute atomic E-state index is 0.0108. The Labute approximate surface area is 119 Å². The highest BCUT2D eigenvalue weighted by atomic mass is 35.5. The quantitative estimate of drug-likeness (QED) is 0.814. The van der Waals surface area contributed by atoms with Crippen LogP contribution in [-0.2, 0) is 0 Å². The maximum atomic E-state index is 12.1. The van der Waals surface area contributed by atoms with E-state index < -0.39 is 0 Å². The lowest BCUT2D eigenvalue weighted by Crippen LogP contribution is -2.22. The molecule has 4 heteroatoms. The van der Waals surface area contributed by atoms with Gasteiger partial charge in [-0.1, -0.05) is 18.0 Å². The van der Waals surface area contributed by atoms with Gasteiger partial charge in [-0.15, -0.1) is 0 Å². The molecular weight excluding hydrogens is 262 g/mol. The van der Waals surface area contributed by atoms with Gasteiger partial charge >= 0.3 is 0 Å². The number of nitrogens with one attached hydrogen (secondary N) is 1. The number of ketones is 1. The molecule has 1 aliphatic carbocycles. The van der Waals surface area contributed by atoms with E-state index in [0.29, 0.717) is 35.4 Å². The molecule has 0 amide bonds. The molecule has 0 heterocycles. The highest BCUT2D eigenvalue weighted by Gasteiger charge is 2.21. The predicted molar refractivity (Wildman–Crippen MR) is 77.3 cm³/mol. The number of carbonyl (C=O) groups excluding carboxylic acids is 1. The number of ether oxygens (including phenoxy) is 1. The zero-order valence-corrected chi connectivity index (χ0v) is 12.2. The van der Waals surface area contributed by atoms with Crippen LogP contribution in [0, 0.1) is 12.8 Å². The molecule has 0 spiro atoms. The molecule has 1 saturated carbocycles. The Hall–Kier alpha value is -1.06. The van der Waals surface area contributed by atoms with Gasteiger partial charge < -0.3 is 10.1 Å². The lowest BCUT2D eigenvalue weighted by Gasteiger charge is -2.26. The van der Waals surface area contributed by atoms with Crippen LogP contribution in [-0.4, -0.2) is 26.0 Å². The molecule has 1 aliphatic rings. The summed E-state index contributed by atoms with van der Waals surface area (Å²) < 4.78 is 5.81. The van der Waals surface area contributed by atoms with Gasteiger partial charge in [0.1, 0.15) is 5.75 Å². The highest BCUT2D eigenvalue weighted by molar-refractivity contribution is 6.32. The highest BCUT2D eigenvalue weighted by Crippen LogP contribution is 2.33. The fourth-order valence-electron chi connectivity index (χ4n) is 2.20. The van der Waals surface area contributed by atoms with Gasteiger partial charge in [0.05, 0.1) is 23.7 Å². The summed E-state index contributed by atoms with van der Waals surface area (Å²) in [5.41, 5.74) is 1.55. The van der Waals surface area contributed by atoms with Crippen LogP contribution in [0.1, 0.15) is 35.2 Å². The molecule has 1 N–H and O–H groups in total. The molecular formula is C15H20ClNO2. The Kier molecular flexibility index (Phi) is 4.83. The molecule has 0 aliphatic heterocycles. The summed E-state index contributed by atoms with van der Waals surface area (Å²) in [7, 11) is 1.75. The van der Waals surface area contributed by atoms with Crippen molar-refractivity contribution in [2.24, 2.45) is 5.92 Å². The summed E-state index contributed by atoms with van der Waals surface area (Å²) in [6.45, 7) is 2.87. The number of Topliss-reactive ketones (excluding diaryl/α,β-unsaturated/α-hetero) is 1. The van der Waals surface area contributed by atoms with Gasteiger partial charge in [-0.05, 0) is 50.4 Å². The van der Waals surface area contributed by atoms with Crippen molar-refractivity contribution in [1.29, 1.82) is 0 Å². The Morgan fingerprint density at radius 1 is 1.47 bits per heavy atom. The number of hydrogen-bond acceptors (Lipinski definition) is 3. The summed E-state index contributed by atoms with van der Waals surface area (Å²) in [5.74, 6) is 1.17.